The number of nitrogens with zero attached hydrogens (tertiary/aromatic N) is 3. The van der Waals surface area contributed by atoms with Gasteiger partial charge in [-0.3, -0.25) is 4.79 Å². The van der Waals surface area contributed by atoms with Gasteiger partial charge in [0.15, 0.2) is 0 Å². The van der Waals surface area contributed by atoms with E-state index in [9.17, 15) is 4.79 Å². The molecule has 1 aromatic heterocycles. The number of hydrogen-bond acceptors (Lipinski definition) is 5. The third kappa shape index (κ3) is 3.51. The van der Waals surface area contributed by atoms with Gasteiger partial charge >= 0.3 is 0 Å². The summed E-state index contributed by atoms with van der Waals surface area (Å²) < 4.78 is 5.24. The van der Waals surface area contributed by atoms with Gasteiger partial charge in [-0.25, -0.2) is 4.98 Å². The van der Waals surface area contributed by atoms with Gasteiger partial charge in [-0.1, -0.05) is 0 Å². The maximum atomic E-state index is 12.0. The summed E-state index contributed by atoms with van der Waals surface area (Å²) in [4.78, 5) is 21.1. The zero-order chi connectivity index (χ0) is 14.7. The molecular formula is C15H22N4O2. The van der Waals surface area contributed by atoms with Crippen LogP contribution in [0.5, 0.6) is 0 Å². The predicted octanol–water partition coefficient (Wildman–Crippen LogP) is 0.808. The molecule has 1 atom stereocenters. The molecule has 3 heterocycles. The van der Waals surface area contributed by atoms with Gasteiger partial charge in [-0.15, -0.1) is 0 Å². The summed E-state index contributed by atoms with van der Waals surface area (Å²) in [5.74, 6) is 0.981. The Morgan fingerprint density at radius 1 is 1.33 bits per heavy atom. The van der Waals surface area contributed by atoms with Crippen molar-refractivity contribution in [3.63, 3.8) is 0 Å². The quantitative estimate of drug-likeness (QED) is 0.893. The molecular weight excluding hydrogens is 268 g/mol. The lowest BCUT2D eigenvalue weighted by atomic mass is 10.1. The fourth-order valence-corrected chi connectivity index (χ4v) is 2.67. The van der Waals surface area contributed by atoms with Crippen LogP contribution >= 0.6 is 0 Å². The Hall–Kier alpha value is -1.66. The van der Waals surface area contributed by atoms with Crippen LogP contribution in [0.25, 0.3) is 0 Å². The first-order chi connectivity index (χ1) is 10.2. The minimum absolute atomic E-state index is 0.0256. The highest BCUT2D eigenvalue weighted by atomic mass is 16.5. The molecule has 3 rings (SSSR count). The lowest BCUT2D eigenvalue weighted by Gasteiger charge is -2.33. The van der Waals surface area contributed by atoms with Crippen LogP contribution in [0.1, 0.15) is 6.42 Å². The van der Waals surface area contributed by atoms with Gasteiger partial charge in [-0.2, -0.15) is 0 Å². The number of carbonyl (C=O) groups is 1. The number of amides is 1. The summed E-state index contributed by atoms with van der Waals surface area (Å²) in [6.07, 6.45) is 2.54. The maximum absolute atomic E-state index is 12.0. The second-order valence-corrected chi connectivity index (χ2v) is 5.75. The number of likely N-dealkylation sites (N-methyl/N-ethyl adjacent to an activating group) is 1. The average molecular weight is 290 g/mol. The number of carbonyl (C=O) groups excluding carboxylic acids is 1. The average Bonchev–Trinajstić information content (AvgIpc) is 3.03. The Morgan fingerprint density at radius 2 is 2.14 bits per heavy atom. The zero-order valence-corrected chi connectivity index (χ0v) is 12.4. The Kier molecular flexibility index (Phi) is 4.36. The first-order valence-electron chi connectivity index (χ1n) is 7.50. The molecule has 21 heavy (non-hydrogen) atoms. The molecule has 1 unspecified atom stereocenters. The molecule has 1 aromatic rings. The fraction of sp³-hybridized carbons (Fsp3) is 0.600. The van der Waals surface area contributed by atoms with Crippen LogP contribution in [-0.4, -0.2) is 62.2 Å². The Labute approximate surface area is 125 Å². The van der Waals surface area contributed by atoms with Crippen molar-refractivity contribution < 1.29 is 9.53 Å². The summed E-state index contributed by atoms with van der Waals surface area (Å²) >= 11 is 0. The number of nitrogens with one attached hydrogen (secondary N) is 1. The number of ether oxygens (including phenoxy) is 1. The van der Waals surface area contributed by atoms with Crippen LogP contribution in [0.3, 0.4) is 0 Å². The van der Waals surface area contributed by atoms with Crippen LogP contribution in [0.2, 0.25) is 0 Å². The molecule has 1 N–H and O–H groups in total. The molecule has 0 aliphatic carbocycles. The van der Waals surface area contributed by atoms with Crippen molar-refractivity contribution in [3.05, 3.63) is 18.3 Å². The molecule has 0 radical (unpaired) electrons. The van der Waals surface area contributed by atoms with Gasteiger partial charge < -0.3 is 19.9 Å². The number of hydrogen-bond donors (Lipinski definition) is 1. The number of rotatable bonds is 3. The molecule has 2 saturated heterocycles. The summed E-state index contributed by atoms with van der Waals surface area (Å²) in [6.45, 7) is 5.31. The normalized spacial score (nSPS) is 23.3. The molecule has 2 aliphatic heterocycles. The third-order valence-corrected chi connectivity index (χ3v) is 4.14. The number of pyridine rings is 1. The lowest BCUT2D eigenvalue weighted by molar-refractivity contribution is -0.119. The van der Waals surface area contributed by atoms with Gasteiger partial charge in [0.05, 0.1) is 24.4 Å². The Morgan fingerprint density at radius 3 is 2.76 bits per heavy atom. The SMILES string of the molecule is CN1CCN(c2ccc(NC(=O)C3CCOC3)cn2)CC1. The van der Waals surface area contributed by atoms with Crippen molar-refractivity contribution in [2.45, 2.75) is 6.42 Å². The van der Waals surface area contributed by atoms with Gasteiger partial charge in [0.2, 0.25) is 5.91 Å². The standard InChI is InChI=1S/C15H22N4O2/c1-18-5-7-19(8-6-18)14-3-2-13(10-16-14)17-15(20)12-4-9-21-11-12/h2-3,10,12H,4-9,11H2,1H3,(H,17,20). The van der Waals surface area contributed by atoms with Crippen molar-refractivity contribution in [2.75, 3.05) is 56.7 Å². The van der Waals surface area contributed by atoms with Crippen molar-refractivity contribution in [2.24, 2.45) is 5.92 Å². The van der Waals surface area contributed by atoms with Gasteiger partial charge in [0, 0.05) is 32.8 Å². The molecule has 1 amide bonds. The van der Waals surface area contributed by atoms with Crippen LogP contribution in [0.15, 0.2) is 18.3 Å². The second-order valence-electron chi connectivity index (χ2n) is 5.75. The van der Waals surface area contributed by atoms with E-state index in [-0.39, 0.29) is 11.8 Å². The first-order valence-corrected chi connectivity index (χ1v) is 7.50. The first kappa shape index (κ1) is 14.3. The van der Waals surface area contributed by atoms with Crippen LogP contribution in [-0.2, 0) is 9.53 Å². The number of piperazine rings is 1. The number of anilines is 2. The highest BCUT2D eigenvalue weighted by molar-refractivity contribution is 5.92. The van der Waals surface area contributed by atoms with Crippen molar-refractivity contribution >= 4 is 17.4 Å². The van der Waals surface area contributed by atoms with Crippen LogP contribution < -0.4 is 10.2 Å². The molecule has 2 fully saturated rings. The smallest absolute Gasteiger partial charge is 0.229 e. The topological polar surface area (TPSA) is 57.7 Å². The van der Waals surface area contributed by atoms with Crippen molar-refractivity contribution in [3.8, 4) is 0 Å². The van der Waals surface area contributed by atoms with E-state index in [1.54, 1.807) is 6.20 Å². The third-order valence-electron chi connectivity index (χ3n) is 4.14. The van der Waals surface area contributed by atoms with E-state index >= 15 is 0 Å². The largest absolute Gasteiger partial charge is 0.381 e. The predicted molar refractivity (Wildman–Crippen MR) is 81.5 cm³/mol. The summed E-state index contributed by atoms with van der Waals surface area (Å²) in [6, 6.07) is 3.90. The van der Waals surface area contributed by atoms with Gasteiger partial charge in [0.25, 0.3) is 0 Å². The molecule has 0 aromatic carbocycles. The molecule has 0 saturated carbocycles. The zero-order valence-electron chi connectivity index (χ0n) is 12.4. The molecule has 114 valence electrons. The summed E-state index contributed by atoms with van der Waals surface area (Å²) in [5, 5.41) is 2.91. The van der Waals surface area contributed by atoms with Gasteiger partial charge in [-0.05, 0) is 25.6 Å². The van der Waals surface area contributed by atoms with Crippen molar-refractivity contribution in [1.82, 2.24) is 9.88 Å². The minimum Gasteiger partial charge on any atom is -0.381 e. The van der Waals surface area contributed by atoms with E-state index in [0.717, 1.165) is 44.1 Å². The minimum atomic E-state index is -0.0256. The van der Waals surface area contributed by atoms with E-state index in [0.29, 0.717) is 13.2 Å². The summed E-state index contributed by atoms with van der Waals surface area (Å²) in [7, 11) is 2.14. The molecule has 0 spiro atoms. The van der Waals surface area contributed by atoms with Crippen LogP contribution in [0.4, 0.5) is 11.5 Å². The molecule has 2 aliphatic rings. The summed E-state index contributed by atoms with van der Waals surface area (Å²) in [5.41, 5.74) is 0.754. The van der Waals surface area contributed by atoms with E-state index in [1.807, 2.05) is 12.1 Å². The Bertz CT molecular complexity index is 477. The second kappa shape index (κ2) is 6.41. The Balaban J connectivity index is 1.57. The molecule has 0 bridgehead atoms. The highest BCUT2D eigenvalue weighted by Gasteiger charge is 2.23. The van der Waals surface area contributed by atoms with E-state index < -0.39 is 0 Å². The van der Waals surface area contributed by atoms with E-state index in [2.05, 4.69) is 27.1 Å². The van der Waals surface area contributed by atoms with Crippen molar-refractivity contribution in [1.29, 1.82) is 0 Å². The maximum Gasteiger partial charge on any atom is 0.229 e. The fourth-order valence-electron chi connectivity index (χ4n) is 2.67. The number of aromatic nitrogens is 1. The lowest BCUT2D eigenvalue weighted by Crippen LogP contribution is -2.44. The molecule has 6 heteroatoms. The van der Waals surface area contributed by atoms with Crippen LogP contribution in [0, 0.1) is 5.92 Å². The monoisotopic (exact) mass is 290 g/mol. The van der Waals surface area contributed by atoms with E-state index in [4.69, 9.17) is 4.74 Å². The van der Waals surface area contributed by atoms with Gasteiger partial charge in [0.1, 0.15) is 5.82 Å². The molecule has 6 nitrogen and oxygen atoms in total. The van der Waals surface area contributed by atoms with E-state index in [1.165, 1.54) is 0 Å². The highest BCUT2D eigenvalue weighted by Crippen LogP contribution is 2.18.